The first-order chi connectivity index (χ1) is 13.5. The SMILES string of the molecule is Cc1cccc(OCCNC(=O)[C@H]2CCCN(C(=O)c3ccc(Cl)cc3)C2)c1. The molecule has 148 valence electrons. The molecule has 2 amide bonds. The van der Waals surface area contributed by atoms with Crippen molar-refractivity contribution < 1.29 is 14.3 Å². The molecule has 28 heavy (non-hydrogen) atoms. The molecule has 3 rings (SSSR count). The number of halogens is 1. The van der Waals surface area contributed by atoms with Gasteiger partial charge in [-0.05, 0) is 61.7 Å². The van der Waals surface area contributed by atoms with Gasteiger partial charge < -0.3 is 15.0 Å². The highest BCUT2D eigenvalue weighted by atomic mass is 35.5. The van der Waals surface area contributed by atoms with E-state index in [-0.39, 0.29) is 17.7 Å². The first-order valence-electron chi connectivity index (χ1n) is 9.55. The Morgan fingerprint density at radius 2 is 2.00 bits per heavy atom. The van der Waals surface area contributed by atoms with E-state index in [4.69, 9.17) is 16.3 Å². The summed E-state index contributed by atoms with van der Waals surface area (Å²) >= 11 is 5.89. The van der Waals surface area contributed by atoms with Crippen molar-refractivity contribution in [1.29, 1.82) is 0 Å². The van der Waals surface area contributed by atoms with Crippen LogP contribution in [0.25, 0.3) is 0 Å². The Labute approximate surface area is 170 Å². The predicted molar refractivity (Wildman–Crippen MR) is 110 cm³/mol. The lowest BCUT2D eigenvalue weighted by atomic mass is 9.96. The lowest BCUT2D eigenvalue weighted by Gasteiger charge is -2.32. The molecular weight excluding hydrogens is 376 g/mol. The van der Waals surface area contributed by atoms with Crippen LogP contribution in [0.5, 0.6) is 5.75 Å². The van der Waals surface area contributed by atoms with Crippen LogP contribution in [-0.4, -0.2) is 43.0 Å². The third kappa shape index (κ3) is 5.49. The van der Waals surface area contributed by atoms with Crippen molar-refractivity contribution in [1.82, 2.24) is 10.2 Å². The van der Waals surface area contributed by atoms with Gasteiger partial charge in [-0.2, -0.15) is 0 Å². The molecule has 6 heteroatoms. The van der Waals surface area contributed by atoms with Gasteiger partial charge in [-0.1, -0.05) is 23.7 Å². The fraction of sp³-hybridized carbons (Fsp3) is 0.364. The molecule has 2 aromatic rings. The quantitative estimate of drug-likeness (QED) is 0.752. The Hall–Kier alpha value is -2.53. The van der Waals surface area contributed by atoms with Gasteiger partial charge >= 0.3 is 0 Å². The molecule has 1 aliphatic rings. The van der Waals surface area contributed by atoms with Crippen LogP contribution in [0.4, 0.5) is 0 Å². The molecule has 1 N–H and O–H groups in total. The summed E-state index contributed by atoms with van der Waals surface area (Å²) in [5.74, 6) is 0.522. The molecule has 1 saturated heterocycles. The fourth-order valence-electron chi connectivity index (χ4n) is 3.34. The first-order valence-corrected chi connectivity index (χ1v) is 9.93. The van der Waals surface area contributed by atoms with Crippen LogP contribution in [0.15, 0.2) is 48.5 Å². The van der Waals surface area contributed by atoms with Gasteiger partial charge in [0, 0.05) is 23.7 Å². The van der Waals surface area contributed by atoms with E-state index in [1.165, 1.54) is 0 Å². The number of amides is 2. The fourth-order valence-corrected chi connectivity index (χ4v) is 3.47. The first kappa shape index (κ1) is 20.2. The molecule has 0 spiro atoms. The molecule has 0 radical (unpaired) electrons. The summed E-state index contributed by atoms with van der Waals surface area (Å²) in [6, 6.07) is 14.7. The number of hydrogen-bond acceptors (Lipinski definition) is 3. The number of carbonyl (C=O) groups excluding carboxylic acids is 2. The van der Waals surface area contributed by atoms with Gasteiger partial charge in [-0.3, -0.25) is 9.59 Å². The Bertz CT molecular complexity index is 823. The Morgan fingerprint density at radius 3 is 2.75 bits per heavy atom. The van der Waals surface area contributed by atoms with Crippen LogP contribution in [0.3, 0.4) is 0 Å². The number of carbonyl (C=O) groups is 2. The molecule has 0 saturated carbocycles. The van der Waals surface area contributed by atoms with Crippen molar-refractivity contribution in [3.63, 3.8) is 0 Å². The minimum Gasteiger partial charge on any atom is -0.492 e. The predicted octanol–water partition coefficient (Wildman–Crippen LogP) is 3.70. The maximum absolute atomic E-state index is 12.7. The number of nitrogens with zero attached hydrogens (tertiary/aromatic N) is 1. The summed E-state index contributed by atoms with van der Waals surface area (Å²) in [6.07, 6.45) is 1.60. The minimum atomic E-state index is -0.191. The number of likely N-dealkylation sites (tertiary alicyclic amines) is 1. The zero-order valence-electron chi connectivity index (χ0n) is 16.0. The third-order valence-electron chi connectivity index (χ3n) is 4.83. The standard InChI is InChI=1S/C22H25ClN2O3/c1-16-4-2-6-20(14-16)28-13-11-24-21(26)18-5-3-12-25(15-18)22(27)17-7-9-19(23)10-8-17/h2,4,6-10,14,18H,3,5,11-13,15H2,1H3,(H,24,26)/t18-/m0/s1. The van der Waals surface area contributed by atoms with E-state index in [0.29, 0.717) is 36.8 Å². The van der Waals surface area contributed by atoms with Gasteiger partial charge in [0.25, 0.3) is 5.91 Å². The molecule has 1 fully saturated rings. The maximum atomic E-state index is 12.7. The van der Waals surface area contributed by atoms with Crippen LogP contribution in [0.2, 0.25) is 5.02 Å². The monoisotopic (exact) mass is 400 g/mol. The lowest BCUT2D eigenvalue weighted by molar-refractivity contribution is -0.126. The molecule has 5 nitrogen and oxygen atoms in total. The van der Waals surface area contributed by atoms with E-state index in [0.717, 1.165) is 24.2 Å². The van der Waals surface area contributed by atoms with Gasteiger partial charge in [-0.15, -0.1) is 0 Å². The van der Waals surface area contributed by atoms with Crippen LogP contribution in [-0.2, 0) is 4.79 Å². The highest BCUT2D eigenvalue weighted by Gasteiger charge is 2.28. The van der Waals surface area contributed by atoms with Gasteiger partial charge in [0.2, 0.25) is 5.91 Å². The highest BCUT2D eigenvalue weighted by molar-refractivity contribution is 6.30. The molecule has 0 aliphatic carbocycles. The van der Waals surface area contributed by atoms with Crippen LogP contribution >= 0.6 is 11.6 Å². The van der Waals surface area contributed by atoms with Crippen molar-refractivity contribution in [2.75, 3.05) is 26.2 Å². The summed E-state index contributed by atoms with van der Waals surface area (Å²) in [6.45, 7) is 3.96. The molecule has 0 bridgehead atoms. The van der Waals surface area contributed by atoms with Crippen molar-refractivity contribution in [2.45, 2.75) is 19.8 Å². The normalized spacial score (nSPS) is 16.5. The van der Waals surface area contributed by atoms with Crippen molar-refractivity contribution in [2.24, 2.45) is 5.92 Å². The molecule has 1 heterocycles. The second kappa shape index (κ2) is 9.60. The van der Waals surface area contributed by atoms with Crippen molar-refractivity contribution >= 4 is 23.4 Å². The van der Waals surface area contributed by atoms with Crippen LogP contribution in [0, 0.1) is 12.8 Å². The molecule has 0 aromatic heterocycles. The van der Waals surface area contributed by atoms with Gasteiger partial charge in [0.15, 0.2) is 0 Å². The summed E-state index contributed by atoms with van der Waals surface area (Å²) in [4.78, 5) is 26.9. The number of rotatable bonds is 6. The zero-order chi connectivity index (χ0) is 19.9. The van der Waals surface area contributed by atoms with Crippen LogP contribution < -0.4 is 10.1 Å². The van der Waals surface area contributed by atoms with E-state index in [1.54, 1.807) is 29.2 Å². The average molecular weight is 401 g/mol. The number of piperidine rings is 1. The molecule has 1 aliphatic heterocycles. The smallest absolute Gasteiger partial charge is 0.253 e. The van der Waals surface area contributed by atoms with E-state index in [2.05, 4.69) is 5.32 Å². The van der Waals surface area contributed by atoms with Gasteiger partial charge in [0.05, 0.1) is 12.5 Å². The largest absolute Gasteiger partial charge is 0.492 e. The van der Waals surface area contributed by atoms with E-state index in [9.17, 15) is 9.59 Å². The van der Waals surface area contributed by atoms with Crippen molar-refractivity contribution in [3.8, 4) is 5.75 Å². The molecule has 1 atom stereocenters. The maximum Gasteiger partial charge on any atom is 0.253 e. The second-order valence-corrected chi connectivity index (χ2v) is 7.49. The molecular formula is C22H25ClN2O3. The zero-order valence-corrected chi connectivity index (χ0v) is 16.7. The van der Waals surface area contributed by atoms with Gasteiger partial charge in [-0.25, -0.2) is 0 Å². The minimum absolute atomic E-state index is 0.0264. The van der Waals surface area contributed by atoms with E-state index < -0.39 is 0 Å². The van der Waals surface area contributed by atoms with E-state index >= 15 is 0 Å². The summed E-state index contributed by atoms with van der Waals surface area (Å²) in [5.41, 5.74) is 1.73. The number of hydrogen-bond donors (Lipinski definition) is 1. The average Bonchev–Trinajstić information content (AvgIpc) is 2.71. The number of nitrogens with one attached hydrogen (secondary N) is 1. The Balaban J connectivity index is 1.46. The summed E-state index contributed by atoms with van der Waals surface area (Å²) < 4.78 is 5.66. The number of ether oxygens (including phenoxy) is 1. The number of aryl methyl sites for hydroxylation is 1. The summed E-state index contributed by atoms with van der Waals surface area (Å²) in [5, 5.41) is 3.52. The molecule has 0 unspecified atom stereocenters. The lowest BCUT2D eigenvalue weighted by Crippen LogP contribution is -2.46. The van der Waals surface area contributed by atoms with Crippen molar-refractivity contribution in [3.05, 3.63) is 64.7 Å². The van der Waals surface area contributed by atoms with E-state index in [1.807, 2.05) is 31.2 Å². The Kier molecular flexibility index (Phi) is 6.93. The topological polar surface area (TPSA) is 58.6 Å². The molecule has 2 aromatic carbocycles. The Morgan fingerprint density at radius 1 is 1.21 bits per heavy atom. The number of benzene rings is 2. The highest BCUT2D eigenvalue weighted by Crippen LogP contribution is 2.20. The van der Waals surface area contributed by atoms with Crippen LogP contribution in [0.1, 0.15) is 28.8 Å². The summed E-state index contributed by atoms with van der Waals surface area (Å²) in [7, 11) is 0. The van der Waals surface area contributed by atoms with Gasteiger partial charge in [0.1, 0.15) is 12.4 Å². The third-order valence-corrected chi connectivity index (χ3v) is 5.08. The second-order valence-electron chi connectivity index (χ2n) is 7.05.